The molecule has 3 amide bonds. The summed E-state index contributed by atoms with van der Waals surface area (Å²) >= 11 is 0. The van der Waals surface area contributed by atoms with E-state index in [0.29, 0.717) is 32.6 Å². The van der Waals surface area contributed by atoms with Gasteiger partial charge in [0.15, 0.2) is 0 Å². The van der Waals surface area contributed by atoms with Crippen LogP contribution >= 0.6 is 0 Å². The summed E-state index contributed by atoms with van der Waals surface area (Å²) in [6.07, 6.45) is 0.691. The molecule has 0 radical (unpaired) electrons. The first-order chi connectivity index (χ1) is 11.0. The minimum absolute atomic E-state index is 0.0617. The lowest BCUT2D eigenvalue weighted by molar-refractivity contribution is -0.141. The van der Waals surface area contributed by atoms with Gasteiger partial charge in [0, 0.05) is 59.3 Å². The lowest BCUT2D eigenvalue weighted by Gasteiger charge is -2.34. The van der Waals surface area contributed by atoms with Crippen molar-refractivity contribution in [3.8, 4) is 0 Å². The van der Waals surface area contributed by atoms with Crippen LogP contribution in [0, 0.1) is 11.8 Å². The lowest BCUT2D eigenvalue weighted by Crippen LogP contribution is -2.51. The molecule has 0 aromatic carbocycles. The van der Waals surface area contributed by atoms with Crippen LogP contribution < -0.4 is 0 Å². The van der Waals surface area contributed by atoms with Gasteiger partial charge in [-0.25, -0.2) is 0 Å². The molecule has 0 bridgehead atoms. The molecule has 3 aliphatic rings. The second kappa shape index (κ2) is 6.47. The second-order valence-corrected chi connectivity index (χ2v) is 6.91. The molecule has 1 saturated carbocycles. The monoisotopic (exact) mass is 322 g/mol. The summed E-state index contributed by atoms with van der Waals surface area (Å²) in [6, 6.07) is 0. The van der Waals surface area contributed by atoms with Crippen molar-refractivity contribution in [1.29, 1.82) is 0 Å². The third-order valence-corrected chi connectivity index (χ3v) is 5.28. The van der Waals surface area contributed by atoms with Crippen LogP contribution in [0.25, 0.3) is 0 Å². The summed E-state index contributed by atoms with van der Waals surface area (Å²) in [6.45, 7) is 7.29. The maximum atomic E-state index is 12.5. The van der Waals surface area contributed by atoms with Gasteiger partial charge in [-0.3, -0.25) is 14.4 Å². The summed E-state index contributed by atoms with van der Waals surface area (Å²) < 4.78 is 0. The molecule has 2 heterocycles. The molecule has 0 aromatic heterocycles. The molecule has 2 aliphatic heterocycles. The van der Waals surface area contributed by atoms with E-state index in [1.165, 1.54) is 0 Å². The maximum absolute atomic E-state index is 12.5. The van der Waals surface area contributed by atoms with Crippen LogP contribution in [0.3, 0.4) is 0 Å². The fourth-order valence-electron chi connectivity index (χ4n) is 3.48. The number of hydrogen-bond donors (Lipinski definition) is 0. The van der Waals surface area contributed by atoms with E-state index in [1.807, 2.05) is 9.80 Å². The minimum atomic E-state index is -0.133. The van der Waals surface area contributed by atoms with Gasteiger partial charge in [0.05, 0.1) is 11.8 Å². The highest BCUT2D eigenvalue weighted by molar-refractivity contribution is 5.92. The number of amides is 3. The van der Waals surface area contributed by atoms with Crippen LogP contribution in [0.1, 0.15) is 13.3 Å². The molecule has 128 valence electrons. The molecule has 0 spiro atoms. The quantitative estimate of drug-likeness (QED) is 0.660. The Morgan fingerprint density at radius 3 is 1.52 bits per heavy atom. The Morgan fingerprint density at radius 1 is 0.696 bits per heavy atom. The van der Waals surface area contributed by atoms with E-state index in [4.69, 9.17) is 0 Å². The molecule has 2 unspecified atom stereocenters. The molecule has 2 atom stereocenters. The highest BCUT2D eigenvalue weighted by atomic mass is 16.2. The van der Waals surface area contributed by atoms with Gasteiger partial charge in [-0.15, -0.1) is 0 Å². The van der Waals surface area contributed by atoms with E-state index in [2.05, 4.69) is 11.9 Å². The van der Waals surface area contributed by atoms with Crippen molar-refractivity contribution in [3.05, 3.63) is 0 Å². The van der Waals surface area contributed by atoms with Crippen molar-refractivity contribution < 1.29 is 14.4 Å². The minimum Gasteiger partial charge on any atom is -0.340 e. The smallest absolute Gasteiger partial charge is 0.226 e. The summed E-state index contributed by atoms with van der Waals surface area (Å²) in [4.78, 5) is 44.1. The zero-order valence-corrected chi connectivity index (χ0v) is 14.0. The largest absolute Gasteiger partial charge is 0.340 e. The fourth-order valence-corrected chi connectivity index (χ4v) is 3.48. The highest BCUT2D eigenvalue weighted by Gasteiger charge is 2.51. The van der Waals surface area contributed by atoms with Gasteiger partial charge in [0.1, 0.15) is 0 Å². The van der Waals surface area contributed by atoms with E-state index in [1.54, 1.807) is 11.8 Å². The van der Waals surface area contributed by atoms with Crippen molar-refractivity contribution in [3.63, 3.8) is 0 Å². The molecule has 7 heteroatoms. The van der Waals surface area contributed by atoms with Gasteiger partial charge in [-0.05, 0) is 13.5 Å². The summed E-state index contributed by atoms with van der Waals surface area (Å²) in [5.74, 6) is 0.0638. The standard InChI is InChI=1S/C16H26N4O3/c1-12(21)18-7-9-20(10-8-18)16(23)14-11-13(14)15(22)19-5-3-17(2)4-6-19/h13-14H,3-11H2,1-2H3. The average Bonchev–Trinajstić information content (AvgIpc) is 3.35. The molecular weight excluding hydrogens is 296 g/mol. The van der Waals surface area contributed by atoms with Crippen molar-refractivity contribution in [2.75, 3.05) is 59.4 Å². The second-order valence-electron chi connectivity index (χ2n) is 6.91. The molecule has 7 nitrogen and oxygen atoms in total. The molecule has 2 saturated heterocycles. The fraction of sp³-hybridized carbons (Fsp3) is 0.812. The molecule has 3 fully saturated rings. The van der Waals surface area contributed by atoms with Crippen molar-refractivity contribution in [2.45, 2.75) is 13.3 Å². The Kier molecular flexibility index (Phi) is 4.57. The van der Waals surface area contributed by atoms with Gasteiger partial charge in [-0.1, -0.05) is 0 Å². The number of carbonyl (C=O) groups excluding carboxylic acids is 3. The highest BCUT2D eigenvalue weighted by Crippen LogP contribution is 2.41. The zero-order valence-electron chi connectivity index (χ0n) is 14.0. The zero-order chi connectivity index (χ0) is 16.6. The first-order valence-electron chi connectivity index (χ1n) is 8.49. The number of rotatable bonds is 2. The Morgan fingerprint density at radius 2 is 1.09 bits per heavy atom. The molecule has 3 rings (SSSR count). The lowest BCUT2D eigenvalue weighted by atomic mass is 10.2. The Balaban J connectivity index is 1.47. The number of likely N-dealkylation sites (N-methyl/N-ethyl adjacent to an activating group) is 1. The topological polar surface area (TPSA) is 64.2 Å². The number of hydrogen-bond acceptors (Lipinski definition) is 4. The first kappa shape index (κ1) is 16.2. The van der Waals surface area contributed by atoms with Gasteiger partial charge in [0.2, 0.25) is 17.7 Å². The van der Waals surface area contributed by atoms with Crippen molar-refractivity contribution >= 4 is 17.7 Å². The van der Waals surface area contributed by atoms with Gasteiger partial charge in [0.25, 0.3) is 0 Å². The van der Waals surface area contributed by atoms with Crippen LogP contribution in [0.4, 0.5) is 0 Å². The van der Waals surface area contributed by atoms with Crippen LogP contribution in [-0.4, -0.2) is 96.7 Å². The third kappa shape index (κ3) is 3.49. The van der Waals surface area contributed by atoms with Crippen LogP contribution in [-0.2, 0) is 14.4 Å². The third-order valence-electron chi connectivity index (χ3n) is 5.28. The SMILES string of the molecule is CC(=O)N1CCN(C(=O)C2CC2C(=O)N2CCN(C)CC2)CC1. The Labute approximate surface area is 137 Å². The summed E-state index contributed by atoms with van der Waals surface area (Å²) in [5, 5.41) is 0. The van der Waals surface area contributed by atoms with E-state index < -0.39 is 0 Å². The van der Waals surface area contributed by atoms with Gasteiger partial charge >= 0.3 is 0 Å². The Bertz CT molecular complexity index is 494. The first-order valence-corrected chi connectivity index (χ1v) is 8.49. The van der Waals surface area contributed by atoms with Crippen molar-refractivity contribution in [1.82, 2.24) is 19.6 Å². The van der Waals surface area contributed by atoms with E-state index in [0.717, 1.165) is 26.2 Å². The maximum Gasteiger partial charge on any atom is 0.226 e. The van der Waals surface area contributed by atoms with Crippen molar-refractivity contribution in [2.24, 2.45) is 11.8 Å². The Hall–Kier alpha value is -1.63. The average molecular weight is 322 g/mol. The molecule has 1 aliphatic carbocycles. The molecule has 23 heavy (non-hydrogen) atoms. The van der Waals surface area contributed by atoms with E-state index in [-0.39, 0.29) is 29.6 Å². The predicted molar refractivity (Wildman–Crippen MR) is 84.5 cm³/mol. The van der Waals surface area contributed by atoms with Crippen LogP contribution in [0.5, 0.6) is 0 Å². The predicted octanol–water partition coefficient (Wildman–Crippen LogP) is -0.913. The summed E-state index contributed by atoms with van der Waals surface area (Å²) in [5.41, 5.74) is 0. The molecule has 0 aromatic rings. The number of carbonyl (C=O) groups is 3. The molecule has 0 N–H and O–H groups in total. The van der Waals surface area contributed by atoms with E-state index in [9.17, 15) is 14.4 Å². The summed E-state index contributed by atoms with van der Waals surface area (Å²) in [7, 11) is 2.06. The normalized spacial score (nSPS) is 28.7. The number of nitrogens with zero attached hydrogens (tertiary/aromatic N) is 4. The van der Waals surface area contributed by atoms with Crippen LogP contribution in [0.2, 0.25) is 0 Å². The van der Waals surface area contributed by atoms with Gasteiger partial charge in [-0.2, -0.15) is 0 Å². The van der Waals surface area contributed by atoms with Gasteiger partial charge < -0.3 is 19.6 Å². The molecular formula is C16H26N4O3. The van der Waals surface area contributed by atoms with Crippen LogP contribution in [0.15, 0.2) is 0 Å². The van der Waals surface area contributed by atoms with E-state index >= 15 is 0 Å². The number of piperazine rings is 2.